The van der Waals surface area contributed by atoms with Gasteiger partial charge in [-0.15, -0.1) is 6.58 Å². The van der Waals surface area contributed by atoms with Gasteiger partial charge in [-0.2, -0.15) is 13.2 Å². The highest BCUT2D eigenvalue weighted by atomic mass is 19.4. The van der Waals surface area contributed by atoms with Gasteiger partial charge in [-0.25, -0.2) is 4.79 Å². The predicted octanol–water partition coefficient (Wildman–Crippen LogP) is 3.43. The van der Waals surface area contributed by atoms with E-state index < -0.39 is 41.7 Å². The SMILES string of the molecule is C=CCN1C(=O)NC(c2ccccc2C(F)(F)F)C2=C1CN(C(Cc1ccccc1)C(=O)NCCOC)C2=O. The van der Waals surface area contributed by atoms with Crippen molar-refractivity contribution in [2.24, 2.45) is 0 Å². The van der Waals surface area contributed by atoms with Gasteiger partial charge in [-0.05, 0) is 17.2 Å². The number of ether oxygens (including phenoxy) is 1. The molecule has 0 aliphatic carbocycles. The Bertz CT molecular complexity index is 1280. The molecule has 0 aromatic heterocycles. The molecule has 2 heterocycles. The van der Waals surface area contributed by atoms with Crippen molar-refractivity contribution >= 4 is 17.8 Å². The number of carbonyl (C=O) groups is 3. The molecule has 11 heteroatoms. The maximum Gasteiger partial charge on any atom is 0.416 e. The molecule has 2 aliphatic rings. The van der Waals surface area contributed by atoms with Crippen LogP contribution in [-0.2, 0) is 26.9 Å². The summed E-state index contributed by atoms with van der Waals surface area (Å²) in [6.07, 6.45) is -3.09. The molecule has 4 rings (SSSR count). The average Bonchev–Trinajstić information content (AvgIpc) is 3.25. The fourth-order valence-electron chi connectivity index (χ4n) is 4.90. The quantitative estimate of drug-likeness (QED) is 0.356. The summed E-state index contributed by atoms with van der Waals surface area (Å²) in [5, 5.41) is 5.34. The molecule has 0 fully saturated rings. The Morgan fingerprint density at radius 1 is 1.18 bits per heavy atom. The molecule has 0 bridgehead atoms. The predicted molar refractivity (Wildman–Crippen MR) is 137 cm³/mol. The van der Waals surface area contributed by atoms with Crippen molar-refractivity contribution < 1.29 is 32.3 Å². The lowest BCUT2D eigenvalue weighted by atomic mass is 9.91. The third-order valence-corrected chi connectivity index (χ3v) is 6.69. The van der Waals surface area contributed by atoms with Gasteiger partial charge in [-0.1, -0.05) is 54.6 Å². The van der Waals surface area contributed by atoms with E-state index in [1.807, 2.05) is 30.3 Å². The van der Waals surface area contributed by atoms with Crippen LogP contribution in [0.3, 0.4) is 0 Å². The van der Waals surface area contributed by atoms with Crippen LogP contribution in [-0.4, -0.2) is 67.0 Å². The summed E-state index contributed by atoms with van der Waals surface area (Å²) in [5.74, 6) is -1.06. The number of hydrogen-bond acceptors (Lipinski definition) is 4. The number of amides is 4. The van der Waals surface area contributed by atoms with Crippen LogP contribution in [0.15, 0.2) is 78.5 Å². The molecule has 2 aromatic rings. The van der Waals surface area contributed by atoms with E-state index in [1.165, 1.54) is 41.2 Å². The van der Waals surface area contributed by atoms with Gasteiger partial charge < -0.3 is 20.3 Å². The molecule has 2 N–H and O–H groups in total. The average molecular weight is 543 g/mol. The molecule has 0 radical (unpaired) electrons. The number of urea groups is 1. The molecule has 2 aromatic carbocycles. The van der Waals surface area contributed by atoms with Crippen LogP contribution in [0.5, 0.6) is 0 Å². The third-order valence-electron chi connectivity index (χ3n) is 6.69. The Balaban J connectivity index is 1.76. The van der Waals surface area contributed by atoms with Gasteiger partial charge in [0.15, 0.2) is 0 Å². The maximum absolute atomic E-state index is 14.0. The lowest BCUT2D eigenvalue weighted by molar-refractivity contribution is -0.138. The second-order valence-corrected chi connectivity index (χ2v) is 9.15. The van der Waals surface area contributed by atoms with Crippen molar-refractivity contribution in [1.29, 1.82) is 0 Å². The van der Waals surface area contributed by atoms with Crippen LogP contribution >= 0.6 is 0 Å². The van der Waals surface area contributed by atoms with Crippen molar-refractivity contribution in [3.8, 4) is 0 Å². The molecule has 0 saturated heterocycles. The molecule has 4 amide bonds. The molecule has 206 valence electrons. The topological polar surface area (TPSA) is 91.0 Å². The normalized spacial score (nSPS) is 18.1. The largest absolute Gasteiger partial charge is 0.416 e. The number of halogens is 3. The fourth-order valence-corrected chi connectivity index (χ4v) is 4.90. The highest BCUT2D eigenvalue weighted by molar-refractivity contribution is 6.03. The monoisotopic (exact) mass is 542 g/mol. The Morgan fingerprint density at radius 3 is 2.54 bits per heavy atom. The number of hydrogen-bond donors (Lipinski definition) is 2. The molecular weight excluding hydrogens is 513 g/mol. The highest BCUT2D eigenvalue weighted by Crippen LogP contribution is 2.42. The first kappa shape index (κ1) is 27.9. The van der Waals surface area contributed by atoms with Gasteiger partial charge in [-0.3, -0.25) is 14.5 Å². The number of rotatable bonds is 10. The van der Waals surface area contributed by atoms with Crippen molar-refractivity contribution in [2.45, 2.75) is 24.7 Å². The number of nitrogens with one attached hydrogen (secondary N) is 2. The first-order chi connectivity index (χ1) is 18.7. The number of alkyl halides is 3. The lowest BCUT2D eigenvalue weighted by Gasteiger charge is -2.33. The number of benzene rings is 2. The van der Waals surface area contributed by atoms with Crippen molar-refractivity contribution in [1.82, 2.24) is 20.4 Å². The summed E-state index contributed by atoms with van der Waals surface area (Å²) < 4.78 is 46.8. The van der Waals surface area contributed by atoms with Gasteiger partial charge in [0, 0.05) is 26.6 Å². The zero-order valence-corrected chi connectivity index (χ0v) is 21.3. The smallest absolute Gasteiger partial charge is 0.383 e. The second kappa shape index (κ2) is 11.7. The summed E-state index contributed by atoms with van der Waals surface area (Å²) in [6.45, 7) is 4.03. The molecule has 0 saturated carbocycles. The van der Waals surface area contributed by atoms with E-state index >= 15 is 0 Å². The summed E-state index contributed by atoms with van der Waals surface area (Å²) in [7, 11) is 1.49. The summed E-state index contributed by atoms with van der Waals surface area (Å²) >= 11 is 0. The van der Waals surface area contributed by atoms with Crippen LogP contribution < -0.4 is 10.6 Å². The van der Waals surface area contributed by atoms with E-state index in [0.29, 0.717) is 0 Å². The molecule has 2 unspecified atom stereocenters. The first-order valence-electron chi connectivity index (χ1n) is 12.4. The zero-order valence-electron chi connectivity index (χ0n) is 21.3. The van der Waals surface area contributed by atoms with Gasteiger partial charge in [0.2, 0.25) is 5.91 Å². The van der Waals surface area contributed by atoms with E-state index in [4.69, 9.17) is 4.74 Å². The standard InChI is InChI=1S/C28H29F3N4O4/c1-3-14-34-22-17-35(21(25(36)32-13-15-39-2)16-18-9-5-4-6-10-18)26(37)23(22)24(33-27(34)38)19-11-7-8-12-20(19)28(29,30)31/h3-12,21,24H,1,13-17H2,2H3,(H,32,36)(H,33,38). The van der Waals surface area contributed by atoms with Crippen molar-refractivity contribution in [2.75, 3.05) is 33.4 Å². The van der Waals surface area contributed by atoms with Crippen LogP contribution in [0, 0.1) is 0 Å². The van der Waals surface area contributed by atoms with Crippen LogP contribution in [0.2, 0.25) is 0 Å². The van der Waals surface area contributed by atoms with E-state index in [1.54, 1.807) is 0 Å². The Labute approximate surface area is 224 Å². The minimum absolute atomic E-state index is 0.00379. The Kier molecular flexibility index (Phi) is 8.39. The Morgan fingerprint density at radius 2 is 1.87 bits per heavy atom. The van der Waals surface area contributed by atoms with Gasteiger partial charge >= 0.3 is 12.2 Å². The van der Waals surface area contributed by atoms with E-state index in [9.17, 15) is 27.6 Å². The van der Waals surface area contributed by atoms with Gasteiger partial charge in [0.25, 0.3) is 5.91 Å². The molecule has 0 spiro atoms. The van der Waals surface area contributed by atoms with Crippen LogP contribution in [0.4, 0.5) is 18.0 Å². The molecular formula is C28H29F3N4O4. The third kappa shape index (κ3) is 5.83. The zero-order chi connectivity index (χ0) is 28.2. The second-order valence-electron chi connectivity index (χ2n) is 9.15. The lowest BCUT2D eigenvalue weighted by Crippen LogP contribution is -2.50. The van der Waals surface area contributed by atoms with Crippen LogP contribution in [0.1, 0.15) is 22.7 Å². The summed E-state index contributed by atoms with van der Waals surface area (Å²) in [5.41, 5.74) is -0.172. The number of carbonyl (C=O) groups excluding carboxylic acids is 3. The molecule has 39 heavy (non-hydrogen) atoms. The molecule has 2 atom stereocenters. The summed E-state index contributed by atoms with van der Waals surface area (Å²) in [4.78, 5) is 43.0. The van der Waals surface area contributed by atoms with Crippen LogP contribution in [0.25, 0.3) is 0 Å². The number of nitrogens with zero attached hydrogens (tertiary/aromatic N) is 2. The Hall–Kier alpha value is -4.12. The highest BCUT2D eigenvalue weighted by Gasteiger charge is 2.48. The first-order valence-corrected chi connectivity index (χ1v) is 12.4. The summed E-state index contributed by atoms with van der Waals surface area (Å²) in [6, 6.07) is 10.9. The minimum Gasteiger partial charge on any atom is -0.383 e. The maximum atomic E-state index is 14.0. The van der Waals surface area contributed by atoms with E-state index in [2.05, 4.69) is 17.2 Å². The minimum atomic E-state index is -4.71. The number of methoxy groups -OCH3 is 1. The fraction of sp³-hybridized carbons (Fsp3) is 0.321. The van der Waals surface area contributed by atoms with Gasteiger partial charge in [0.1, 0.15) is 6.04 Å². The van der Waals surface area contributed by atoms with Crippen molar-refractivity contribution in [3.05, 3.63) is 95.2 Å². The van der Waals surface area contributed by atoms with E-state index in [-0.39, 0.29) is 49.5 Å². The molecule has 8 nitrogen and oxygen atoms in total. The van der Waals surface area contributed by atoms with Crippen molar-refractivity contribution in [3.63, 3.8) is 0 Å². The van der Waals surface area contributed by atoms with E-state index in [0.717, 1.165) is 11.6 Å². The molecule has 2 aliphatic heterocycles. The van der Waals surface area contributed by atoms with Gasteiger partial charge in [0.05, 0.1) is 36.0 Å².